The fraction of sp³-hybridized carbons (Fsp3) is 0.0667. The summed E-state index contributed by atoms with van der Waals surface area (Å²) in [4.78, 5) is 19.3. The Bertz CT molecular complexity index is 824. The number of hydrogen-bond acceptors (Lipinski definition) is 2. The van der Waals surface area contributed by atoms with Crippen LogP contribution in [0.15, 0.2) is 47.3 Å². The van der Waals surface area contributed by atoms with E-state index in [0.717, 1.165) is 11.1 Å². The first kappa shape index (κ1) is 11.9. The lowest BCUT2D eigenvalue weighted by Crippen LogP contribution is -2.09. The molecule has 0 spiro atoms. The highest BCUT2D eigenvalue weighted by molar-refractivity contribution is 6.31. The zero-order chi connectivity index (χ0) is 13.4. The van der Waals surface area contributed by atoms with E-state index in [1.807, 2.05) is 31.2 Å². The monoisotopic (exact) mass is 270 g/mol. The average Bonchev–Trinajstić information content (AvgIpc) is 2.38. The molecule has 0 radical (unpaired) electrons. The summed E-state index contributed by atoms with van der Waals surface area (Å²) in [6, 6.07) is 12.9. The molecule has 0 amide bonds. The van der Waals surface area contributed by atoms with Gasteiger partial charge in [0.15, 0.2) is 0 Å². The number of hydrogen-bond donors (Lipinski definition) is 1. The largest absolute Gasteiger partial charge is 0.306 e. The molecule has 0 aliphatic rings. The van der Waals surface area contributed by atoms with Crippen molar-refractivity contribution < 1.29 is 0 Å². The van der Waals surface area contributed by atoms with Gasteiger partial charge < -0.3 is 4.98 Å². The molecule has 0 aliphatic carbocycles. The average molecular weight is 271 g/mol. The highest BCUT2D eigenvalue weighted by Gasteiger charge is 2.06. The van der Waals surface area contributed by atoms with Crippen LogP contribution in [0.3, 0.4) is 0 Å². The van der Waals surface area contributed by atoms with Crippen molar-refractivity contribution in [2.45, 2.75) is 6.92 Å². The molecule has 1 heterocycles. The van der Waals surface area contributed by atoms with E-state index in [1.54, 1.807) is 18.2 Å². The van der Waals surface area contributed by atoms with E-state index in [0.29, 0.717) is 21.7 Å². The highest BCUT2D eigenvalue weighted by atomic mass is 35.5. The van der Waals surface area contributed by atoms with Gasteiger partial charge in [-0.1, -0.05) is 35.4 Å². The number of nitrogens with one attached hydrogen (secondary N) is 1. The maximum atomic E-state index is 12.0. The minimum absolute atomic E-state index is 0.154. The summed E-state index contributed by atoms with van der Waals surface area (Å²) in [5.74, 6) is 0.559. The third kappa shape index (κ3) is 2.25. The van der Waals surface area contributed by atoms with Gasteiger partial charge in [0.25, 0.3) is 5.56 Å². The molecule has 0 saturated carbocycles. The Morgan fingerprint density at radius 3 is 2.79 bits per heavy atom. The highest BCUT2D eigenvalue weighted by Crippen LogP contribution is 2.19. The van der Waals surface area contributed by atoms with Gasteiger partial charge in [-0.05, 0) is 31.2 Å². The topological polar surface area (TPSA) is 45.8 Å². The van der Waals surface area contributed by atoms with Crippen molar-refractivity contribution in [2.75, 3.05) is 0 Å². The molecule has 3 aromatic rings. The molecule has 1 aromatic heterocycles. The van der Waals surface area contributed by atoms with Gasteiger partial charge in [-0.25, -0.2) is 4.98 Å². The van der Waals surface area contributed by atoms with Gasteiger partial charge in [-0.3, -0.25) is 4.79 Å². The van der Waals surface area contributed by atoms with Crippen LogP contribution < -0.4 is 5.56 Å². The van der Waals surface area contributed by atoms with E-state index < -0.39 is 0 Å². The fourth-order valence-corrected chi connectivity index (χ4v) is 2.21. The molecular formula is C15H11ClN2O. The minimum atomic E-state index is -0.154. The smallest absolute Gasteiger partial charge is 0.259 e. The van der Waals surface area contributed by atoms with Crippen LogP contribution in [0.2, 0.25) is 5.02 Å². The number of nitrogens with zero attached hydrogens (tertiary/aromatic N) is 1. The summed E-state index contributed by atoms with van der Waals surface area (Å²) >= 11 is 5.94. The molecule has 19 heavy (non-hydrogen) atoms. The number of fused-ring (bicyclic) bond motifs is 1. The first-order valence-corrected chi connectivity index (χ1v) is 6.28. The lowest BCUT2D eigenvalue weighted by Gasteiger charge is -2.04. The summed E-state index contributed by atoms with van der Waals surface area (Å²) < 4.78 is 0. The molecule has 2 aromatic carbocycles. The van der Waals surface area contributed by atoms with Crippen LogP contribution in [0.5, 0.6) is 0 Å². The Kier molecular flexibility index (Phi) is 2.84. The number of aromatic amines is 1. The maximum Gasteiger partial charge on any atom is 0.259 e. The molecule has 94 valence electrons. The Balaban J connectivity index is 2.28. The molecule has 0 fully saturated rings. The van der Waals surface area contributed by atoms with Crippen molar-refractivity contribution in [1.82, 2.24) is 9.97 Å². The summed E-state index contributed by atoms with van der Waals surface area (Å²) in [5, 5.41) is 1.11. The standard InChI is InChI=1S/C15H11ClN2O/c1-9-3-2-4-10(7-9)14-17-13-8-11(16)5-6-12(13)15(19)18-14/h2-8H,1H3,(H,17,18,19). The lowest BCUT2D eigenvalue weighted by atomic mass is 10.1. The Hall–Kier alpha value is -2.13. The van der Waals surface area contributed by atoms with Crippen molar-refractivity contribution in [3.8, 4) is 11.4 Å². The molecule has 4 heteroatoms. The van der Waals surface area contributed by atoms with Crippen molar-refractivity contribution in [3.05, 3.63) is 63.4 Å². The van der Waals surface area contributed by atoms with E-state index in [2.05, 4.69) is 9.97 Å². The van der Waals surface area contributed by atoms with Crippen LogP contribution in [-0.4, -0.2) is 9.97 Å². The van der Waals surface area contributed by atoms with Gasteiger partial charge >= 0.3 is 0 Å². The first-order chi connectivity index (χ1) is 9.13. The molecule has 0 unspecified atom stereocenters. The van der Waals surface area contributed by atoms with Crippen LogP contribution in [0, 0.1) is 6.92 Å². The quantitative estimate of drug-likeness (QED) is 0.735. The second-order valence-electron chi connectivity index (χ2n) is 4.45. The minimum Gasteiger partial charge on any atom is -0.306 e. The van der Waals surface area contributed by atoms with Crippen LogP contribution in [0.25, 0.3) is 22.3 Å². The summed E-state index contributed by atoms with van der Waals surface area (Å²) in [6.07, 6.45) is 0. The van der Waals surface area contributed by atoms with Crippen molar-refractivity contribution in [3.63, 3.8) is 0 Å². The van der Waals surface area contributed by atoms with E-state index in [4.69, 9.17) is 11.6 Å². The third-order valence-electron chi connectivity index (χ3n) is 2.96. The number of H-pyrrole nitrogens is 1. The van der Waals surface area contributed by atoms with Crippen LogP contribution in [0.1, 0.15) is 5.56 Å². The first-order valence-electron chi connectivity index (χ1n) is 5.90. The molecule has 0 aliphatic heterocycles. The number of aromatic nitrogens is 2. The van der Waals surface area contributed by atoms with Gasteiger partial charge in [0.1, 0.15) is 5.82 Å². The number of halogens is 1. The Morgan fingerprint density at radius 2 is 2.00 bits per heavy atom. The van der Waals surface area contributed by atoms with Gasteiger partial charge in [-0.2, -0.15) is 0 Å². The Labute approximate surface area is 114 Å². The maximum absolute atomic E-state index is 12.0. The number of benzene rings is 2. The number of rotatable bonds is 1. The fourth-order valence-electron chi connectivity index (χ4n) is 2.04. The zero-order valence-corrected chi connectivity index (χ0v) is 11.0. The van der Waals surface area contributed by atoms with Crippen LogP contribution >= 0.6 is 11.6 Å². The zero-order valence-electron chi connectivity index (χ0n) is 10.3. The predicted molar refractivity (Wildman–Crippen MR) is 77.5 cm³/mol. The Morgan fingerprint density at radius 1 is 1.16 bits per heavy atom. The molecule has 0 atom stereocenters. The van der Waals surface area contributed by atoms with Gasteiger partial charge in [0, 0.05) is 10.6 Å². The van der Waals surface area contributed by atoms with Crippen molar-refractivity contribution in [2.24, 2.45) is 0 Å². The second kappa shape index (κ2) is 4.52. The summed E-state index contributed by atoms with van der Waals surface area (Å²) in [7, 11) is 0. The van der Waals surface area contributed by atoms with E-state index in [-0.39, 0.29) is 5.56 Å². The van der Waals surface area contributed by atoms with Gasteiger partial charge in [-0.15, -0.1) is 0 Å². The SMILES string of the molecule is Cc1cccc(-c2nc3cc(Cl)ccc3c(=O)[nH]2)c1. The molecule has 3 rings (SSSR count). The summed E-state index contributed by atoms with van der Waals surface area (Å²) in [6.45, 7) is 2.00. The van der Waals surface area contributed by atoms with Gasteiger partial charge in [0.2, 0.25) is 0 Å². The van der Waals surface area contributed by atoms with Crippen molar-refractivity contribution >= 4 is 22.5 Å². The number of aryl methyl sites for hydroxylation is 1. The van der Waals surface area contributed by atoms with Crippen LogP contribution in [-0.2, 0) is 0 Å². The summed E-state index contributed by atoms with van der Waals surface area (Å²) in [5.41, 5.74) is 2.45. The molecule has 3 nitrogen and oxygen atoms in total. The predicted octanol–water partition coefficient (Wildman–Crippen LogP) is 3.55. The molecular weight excluding hydrogens is 260 g/mol. The van der Waals surface area contributed by atoms with Crippen LogP contribution in [0.4, 0.5) is 0 Å². The van der Waals surface area contributed by atoms with Gasteiger partial charge in [0.05, 0.1) is 10.9 Å². The van der Waals surface area contributed by atoms with E-state index in [9.17, 15) is 4.79 Å². The molecule has 1 N–H and O–H groups in total. The normalized spacial score (nSPS) is 10.8. The second-order valence-corrected chi connectivity index (χ2v) is 4.88. The lowest BCUT2D eigenvalue weighted by molar-refractivity contribution is 1.18. The third-order valence-corrected chi connectivity index (χ3v) is 3.20. The van der Waals surface area contributed by atoms with E-state index in [1.165, 1.54) is 0 Å². The molecule has 0 bridgehead atoms. The van der Waals surface area contributed by atoms with E-state index >= 15 is 0 Å². The van der Waals surface area contributed by atoms with Crippen molar-refractivity contribution in [1.29, 1.82) is 0 Å². The molecule has 0 saturated heterocycles.